The van der Waals surface area contributed by atoms with Crippen LogP contribution in [0.25, 0.3) is 10.9 Å². The predicted molar refractivity (Wildman–Crippen MR) is 91.9 cm³/mol. The molecule has 0 aliphatic carbocycles. The van der Waals surface area contributed by atoms with E-state index in [0.717, 1.165) is 30.2 Å². The number of hydrogen-bond donors (Lipinski definition) is 1. The molecule has 0 radical (unpaired) electrons. The van der Waals surface area contributed by atoms with Crippen molar-refractivity contribution < 1.29 is 14.3 Å². The zero-order valence-electron chi connectivity index (χ0n) is 14.4. The summed E-state index contributed by atoms with van der Waals surface area (Å²) in [5, 5.41) is 0.908. The van der Waals surface area contributed by atoms with Crippen LogP contribution < -0.4 is 10.5 Å². The van der Waals surface area contributed by atoms with E-state index < -0.39 is 5.97 Å². The molecule has 1 aromatic heterocycles. The number of ether oxygens (including phenoxy) is 2. The van der Waals surface area contributed by atoms with Gasteiger partial charge in [0.2, 0.25) is 0 Å². The molecule has 1 aromatic carbocycles. The molecule has 0 bridgehead atoms. The van der Waals surface area contributed by atoms with Gasteiger partial charge in [0.25, 0.3) is 0 Å². The molecule has 0 saturated heterocycles. The van der Waals surface area contributed by atoms with E-state index in [2.05, 4.69) is 13.8 Å². The highest BCUT2D eigenvalue weighted by molar-refractivity contribution is 6.01. The van der Waals surface area contributed by atoms with E-state index in [1.165, 1.54) is 7.11 Å². The van der Waals surface area contributed by atoms with Gasteiger partial charge in [0.05, 0.1) is 19.7 Å². The lowest BCUT2D eigenvalue weighted by atomic mass is 9.90. The van der Waals surface area contributed by atoms with E-state index in [-0.39, 0.29) is 5.54 Å². The lowest BCUT2D eigenvalue weighted by Gasteiger charge is -2.27. The molecule has 0 aliphatic rings. The summed E-state index contributed by atoms with van der Waals surface area (Å²) in [7, 11) is 2.96. The van der Waals surface area contributed by atoms with Crippen LogP contribution in [0.4, 0.5) is 0 Å². The number of para-hydroxylation sites is 1. The van der Waals surface area contributed by atoms with Crippen molar-refractivity contribution in [1.82, 2.24) is 4.57 Å². The van der Waals surface area contributed by atoms with E-state index >= 15 is 0 Å². The number of aryl methyl sites for hydroxylation is 1. The Morgan fingerprint density at radius 3 is 2.43 bits per heavy atom. The van der Waals surface area contributed by atoms with Crippen molar-refractivity contribution in [2.24, 2.45) is 5.73 Å². The quantitative estimate of drug-likeness (QED) is 0.795. The van der Waals surface area contributed by atoms with Crippen LogP contribution in [0.1, 0.15) is 43.6 Å². The van der Waals surface area contributed by atoms with E-state index in [9.17, 15) is 4.79 Å². The lowest BCUT2D eigenvalue weighted by Crippen LogP contribution is -2.39. The highest BCUT2D eigenvalue weighted by atomic mass is 16.5. The summed E-state index contributed by atoms with van der Waals surface area (Å²) in [5.41, 5.74) is 7.60. The molecule has 0 fully saturated rings. The van der Waals surface area contributed by atoms with Crippen molar-refractivity contribution in [3.8, 4) is 5.75 Å². The second-order valence-corrected chi connectivity index (χ2v) is 5.86. The summed E-state index contributed by atoms with van der Waals surface area (Å²) in [6, 6.07) is 7.82. The topological polar surface area (TPSA) is 66.5 Å². The number of methoxy groups -OCH3 is 2. The number of nitrogens with two attached hydrogens (primary N) is 1. The summed E-state index contributed by atoms with van der Waals surface area (Å²) in [4.78, 5) is 12.3. The van der Waals surface area contributed by atoms with Crippen LogP contribution in [-0.2, 0) is 11.3 Å². The smallest absolute Gasteiger partial charge is 0.358 e. The number of fused-ring (bicyclic) bond motifs is 1. The number of aromatic nitrogens is 1. The van der Waals surface area contributed by atoms with Gasteiger partial charge in [0.1, 0.15) is 0 Å². The van der Waals surface area contributed by atoms with Gasteiger partial charge in [0, 0.05) is 17.5 Å². The SMILES string of the molecule is CCC(N)(CC)CCn1c(C(=O)OC)c(OC)c2ccccc21. The maximum atomic E-state index is 12.3. The Morgan fingerprint density at radius 2 is 1.87 bits per heavy atom. The minimum absolute atomic E-state index is 0.230. The Kier molecular flexibility index (Phi) is 5.31. The molecule has 23 heavy (non-hydrogen) atoms. The maximum Gasteiger partial charge on any atom is 0.358 e. The number of nitrogens with zero attached hydrogens (tertiary/aromatic N) is 1. The number of benzene rings is 1. The van der Waals surface area contributed by atoms with Gasteiger partial charge in [-0.15, -0.1) is 0 Å². The minimum Gasteiger partial charge on any atom is -0.494 e. The maximum absolute atomic E-state index is 12.3. The summed E-state index contributed by atoms with van der Waals surface area (Å²) in [6.07, 6.45) is 2.58. The van der Waals surface area contributed by atoms with Crippen molar-refractivity contribution in [3.63, 3.8) is 0 Å². The number of esters is 1. The Hall–Kier alpha value is -2.01. The predicted octanol–water partition coefficient (Wildman–Crippen LogP) is 3.34. The van der Waals surface area contributed by atoms with E-state index in [4.69, 9.17) is 15.2 Å². The first-order chi connectivity index (χ1) is 11.0. The highest BCUT2D eigenvalue weighted by Gasteiger charge is 2.26. The Labute approximate surface area is 137 Å². The molecule has 5 heteroatoms. The Morgan fingerprint density at radius 1 is 1.22 bits per heavy atom. The fraction of sp³-hybridized carbons (Fsp3) is 0.500. The van der Waals surface area contributed by atoms with Gasteiger partial charge in [-0.25, -0.2) is 4.79 Å². The third-order valence-corrected chi connectivity index (χ3v) is 4.75. The van der Waals surface area contributed by atoms with Gasteiger partial charge < -0.3 is 19.8 Å². The van der Waals surface area contributed by atoms with Crippen molar-refractivity contribution in [2.45, 2.75) is 45.2 Å². The molecule has 2 rings (SSSR count). The van der Waals surface area contributed by atoms with Crippen LogP contribution in [0.3, 0.4) is 0 Å². The lowest BCUT2D eigenvalue weighted by molar-refractivity contribution is 0.0584. The van der Waals surface area contributed by atoms with Gasteiger partial charge in [-0.2, -0.15) is 0 Å². The third-order valence-electron chi connectivity index (χ3n) is 4.75. The van der Waals surface area contributed by atoms with Crippen molar-refractivity contribution >= 4 is 16.9 Å². The van der Waals surface area contributed by atoms with Crippen LogP contribution in [0.15, 0.2) is 24.3 Å². The molecular formula is C18H26N2O3. The molecule has 0 saturated carbocycles. The molecule has 5 nitrogen and oxygen atoms in total. The normalized spacial score (nSPS) is 11.7. The average Bonchev–Trinajstić information content (AvgIpc) is 2.92. The molecule has 1 heterocycles. The number of hydrogen-bond acceptors (Lipinski definition) is 4. The summed E-state index contributed by atoms with van der Waals surface area (Å²) < 4.78 is 12.4. The minimum atomic E-state index is -0.395. The molecule has 0 unspecified atom stereocenters. The van der Waals surface area contributed by atoms with Crippen LogP contribution in [-0.4, -0.2) is 30.3 Å². The number of rotatable bonds is 7. The van der Waals surface area contributed by atoms with E-state index in [1.807, 2.05) is 28.8 Å². The summed E-state index contributed by atoms with van der Waals surface area (Å²) in [6.45, 7) is 4.84. The first kappa shape index (κ1) is 17.3. The molecular weight excluding hydrogens is 292 g/mol. The van der Waals surface area contributed by atoms with Gasteiger partial charge in [-0.3, -0.25) is 0 Å². The van der Waals surface area contributed by atoms with Crippen LogP contribution in [0.5, 0.6) is 5.75 Å². The standard InChI is InChI=1S/C18H26N2O3/c1-5-18(19,6-2)11-12-20-14-10-8-7-9-13(14)16(22-3)15(20)17(21)23-4/h7-10H,5-6,11-12,19H2,1-4H3. The molecule has 0 atom stereocenters. The first-order valence-electron chi connectivity index (χ1n) is 8.03. The zero-order chi connectivity index (χ0) is 17.0. The third kappa shape index (κ3) is 3.20. The second kappa shape index (κ2) is 7.04. The average molecular weight is 318 g/mol. The molecule has 2 aromatic rings. The van der Waals surface area contributed by atoms with Crippen LogP contribution >= 0.6 is 0 Å². The molecule has 0 aliphatic heterocycles. The molecule has 0 spiro atoms. The monoisotopic (exact) mass is 318 g/mol. The van der Waals surface area contributed by atoms with Gasteiger partial charge in [-0.1, -0.05) is 26.0 Å². The summed E-state index contributed by atoms with van der Waals surface area (Å²) in [5.74, 6) is 0.164. The Balaban J connectivity index is 2.54. The second-order valence-electron chi connectivity index (χ2n) is 5.86. The molecule has 2 N–H and O–H groups in total. The van der Waals surface area contributed by atoms with Gasteiger partial charge in [-0.05, 0) is 31.4 Å². The summed E-state index contributed by atoms with van der Waals surface area (Å²) >= 11 is 0. The van der Waals surface area contributed by atoms with Crippen molar-refractivity contribution in [3.05, 3.63) is 30.0 Å². The zero-order valence-corrected chi connectivity index (χ0v) is 14.4. The van der Waals surface area contributed by atoms with Gasteiger partial charge >= 0.3 is 5.97 Å². The fourth-order valence-corrected chi connectivity index (χ4v) is 2.95. The number of carbonyl (C=O) groups is 1. The first-order valence-corrected chi connectivity index (χ1v) is 8.03. The number of carbonyl (C=O) groups excluding carboxylic acids is 1. The Bertz CT molecular complexity index is 687. The molecule has 0 amide bonds. The fourth-order valence-electron chi connectivity index (χ4n) is 2.95. The highest BCUT2D eigenvalue weighted by Crippen LogP contribution is 2.34. The largest absolute Gasteiger partial charge is 0.494 e. The molecule has 126 valence electrons. The van der Waals surface area contributed by atoms with E-state index in [1.54, 1.807) is 7.11 Å². The van der Waals surface area contributed by atoms with E-state index in [0.29, 0.717) is 18.0 Å². The van der Waals surface area contributed by atoms with Gasteiger partial charge in [0.15, 0.2) is 11.4 Å². The van der Waals surface area contributed by atoms with Crippen LogP contribution in [0, 0.1) is 0 Å². The van der Waals surface area contributed by atoms with Crippen LogP contribution in [0.2, 0.25) is 0 Å². The van der Waals surface area contributed by atoms with Crippen molar-refractivity contribution in [1.29, 1.82) is 0 Å². The van der Waals surface area contributed by atoms with Crippen molar-refractivity contribution in [2.75, 3.05) is 14.2 Å².